The maximum atomic E-state index is 8.60. The Bertz CT molecular complexity index is 894. The van der Waals surface area contributed by atoms with E-state index < -0.39 is 0 Å². The highest BCUT2D eigenvalue weighted by atomic mass is 16.4. The van der Waals surface area contributed by atoms with Crippen molar-refractivity contribution in [2.45, 2.75) is 0 Å². The zero-order valence-electron chi connectivity index (χ0n) is 11.6. The van der Waals surface area contributed by atoms with E-state index in [4.69, 9.17) is 19.4 Å². The van der Waals surface area contributed by atoms with Crippen molar-refractivity contribution in [1.29, 1.82) is 10.5 Å². The highest BCUT2D eigenvalue weighted by Crippen LogP contribution is 2.25. The second-order valence-corrected chi connectivity index (χ2v) is 4.26. The van der Waals surface area contributed by atoms with Crippen LogP contribution in [0.25, 0.3) is 23.1 Å². The van der Waals surface area contributed by atoms with E-state index in [0.717, 1.165) is 0 Å². The number of nitrogens with zero attached hydrogens (tertiary/aromatic N) is 5. The summed E-state index contributed by atoms with van der Waals surface area (Å²) in [7, 11) is 0. The van der Waals surface area contributed by atoms with Crippen LogP contribution in [0, 0.1) is 22.7 Å². The van der Waals surface area contributed by atoms with Gasteiger partial charge in [-0.1, -0.05) is 0 Å². The molecule has 2 heterocycles. The summed E-state index contributed by atoms with van der Waals surface area (Å²) in [4.78, 5) is 0. The van der Waals surface area contributed by atoms with Gasteiger partial charge in [-0.15, -0.1) is 10.2 Å². The van der Waals surface area contributed by atoms with Crippen molar-refractivity contribution in [3.8, 4) is 35.2 Å². The van der Waals surface area contributed by atoms with Crippen LogP contribution in [0.3, 0.4) is 0 Å². The summed E-state index contributed by atoms with van der Waals surface area (Å²) in [5.74, 6) is 1.14. The van der Waals surface area contributed by atoms with Crippen LogP contribution in [0.4, 0.5) is 5.69 Å². The summed E-state index contributed by atoms with van der Waals surface area (Å²) in [6.45, 7) is 0. The van der Waals surface area contributed by atoms with Crippen molar-refractivity contribution < 1.29 is 8.83 Å². The Hall–Kier alpha value is -3.91. The van der Waals surface area contributed by atoms with Crippen LogP contribution in [0.15, 0.2) is 56.6 Å². The molecule has 0 atom stereocenters. The van der Waals surface area contributed by atoms with Gasteiger partial charge in [-0.25, -0.2) is 0 Å². The summed E-state index contributed by atoms with van der Waals surface area (Å²) >= 11 is 0. The molecule has 8 heteroatoms. The van der Waals surface area contributed by atoms with Crippen LogP contribution < -0.4 is 5.43 Å². The Labute approximate surface area is 130 Å². The molecule has 0 unspecified atom stereocenters. The topological polar surface area (TPSA) is 124 Å². The van der Waals surface area contributed by atoms with E-state index in [1.165, 1.54) is 6.26 Å². The Morgan fingerprint density at radius 2 is 1.78 bits per heavy atom. The maximum absolute atomic E-state index is 8.60. The third-order valence-corrected chi connectivity index (χ3v) is 2.80. The van der Waals surface area contributed by atoms with E-state index in [9.17, 15) is 0 Å². The van der Waals surface area contributed by atoms with Crippen LogP contribution >= 0.6 is 0 Å². The Kier molecular flexibility index (Phi) is 3.81. The molecule has 23 heavy (non-hydrogen) atoms. The van der Waals surface area contributed by atoms with Gasteiger partial charge in [-0.05, 0) is 36.4 Å². The molecule has 0 spiro atoms. The van der Waals surface area contributed by atoms with Gasteiger partial charge in [0, 0.05) is 5.56 Å². The minimum atomic E-state index is -0.255. The lowest BCUT2D eigenvalue weighted by Crippen LogP contribution is -1.96. The quantitative estimate of drug-likeness (QED) is 0.580. The summed E-state index contributed by atoms with van der Waals surface area (Å²) in [5, 5.41) is 28.7. The molecule has 0 saturated heterocycles. The van der Waals surface area contributed by atoms with Gasteiger partial charge >= 0.3 is 0 Å². The molecular weight excluding hydrogens is 296 g/mol. The van der Waals surface area contributed by atoms with Crippen LogP contribution in [0.1, 0.15) is 0 Å². The monoisotopic (exact) mass is 304 g/mol. The van der Waals surface area contributed by atoms with Crippen LogP contribution in [-0.4, -0.2) is 15.9 Å². The van der Waals surface area contributed by atoms with Crippen molar-refractivity contribution in [1.82, 2.24) is 10.2 Å². The lowest BCUT2D eigenvalue weighted by molar-refractivity contribution is 0.523. The summed E-state index contributed by atoms with van der Waals surface area (Å²) < 4.78 is 10.7. The molecule has 0 fully saturated rings. The van der Waals surface area contributed by atoms with E-state index in [0.29, 0.717) is 28.8 Å². The van der Waals surface area contributed by atoms with Gasteiger partial charge in [0.05, 0.1) is 12.0 Å². The highest BCUT2D eigenvalue weighted by molar-refractivity contribution is 6.10. The van der Waals surface area contributed by atoms with Crippen molar-refractivity contribution in [3.05, 3.63) is 42.7 Å². The maximum Gasteiger partial charge on any atom is 0.283 e. The lowest BCUT2D eigenvalue weighted by Gasteiger charge is -2.00. The molecule has 0 aliphatic carbocycles. The lowest BCUT2D eigenvalue weighted by atomic mass is 10.2. The van der Waals surface area contributed by atoms with Crippen LogP contribution in [-0.2, 0) is 0 Å². The first-order valence-electron chi connectivity index (χ1n) is 6.42. The fourth-order valence-corrected chi connectivity index (χ4v) is 1.72. The normalized spacial score (nSPS) is 9.65. The second-order valence-electron chi connectivity index (χ2n) is 4.26. The van der Waals surface area contributed by atoms with E-state index >= 15 is 0 Å². The summed E-state index contributed by atoms with van der Waals surface area (Å²) in [6, 6.07) is 13.7. The molecule has 1 N–H and O–H groups in total. The number of hydrazone groups is 1. The van der Waals surface area contributed by atoms with E-state index in [1.807, 2.05) is 0 Å². The van der Waals surface area contributed by atoms with E-state index in [2.05, 4.69) is 20.7 Å². The molecular formula is C15H8N6O2. The first-order chi connectivity index (χ1) is 11.3. The summed E-state index contributed by atoms with van der Waals surface area (Å²) in [5.41, 5.74) is 3.69. The standard InChI is InChI=1S/C15H8N6O2/c16-8-12(9-17)19-18-11-5-3-10(4-6-11)14-20-21-15(23-14)13-2-1-7-22-13/h1-7,18H. The minimum Gasteiger partial charge on any atom is -0.459 e. The largest absolute Gasteiger partial charge is 0.459 e. The molecule has 3 rings (SSSR count). The average Bonchev–Trinajstić information content (AvgIpc) is 3.28. The van der Waals surface area contributed by atoms with Gasteiger partial charge in [0.1, 0.15) is 12.1 Å². The fraction of sp³-hybridized carbons (Fsp3) is 0. The Morgan fingerprint density at radius 3 is 2.43 bits per heavy atom. The van der Waals surface area contributed by atoms with Gasteiger partial charge in [0.2, 0.25) is 11.6 Å². The van der Waals surface area contributed by atoms with Crippen molar-refractivity contribution in [2.24, 2.45) is 5.10 Å². The molecule has 0 aliphatic rings. The number of furan rings is 1. The number of hydrogen-bond acceptors (Lipinski definition) is 8. The van der Waals surface area contributed by atoms with Gasteiger partial charge in [0.25, 0.3) is 5.89 Å². The van der Waals surface area contributed by atoms with Crippen LogP contribution in [0.2, 0.25) is 0 Å². The molecule has 0 radical (unpaired) electrons. The van der Waals surface area contributed by atoms with Gasteiger partial charge in [0.15, 0.2) is 5.76 Å². The Morgan fingerprint density at radius 1 is 1.04 bits per heavy atom. The minimum absolute atomic E-state index is 0.255. The number of nitrogens with one attached hydrogen (secondary N) is 1. The number of anilines is 1. The molecule has 110 valence electrons. The third kappa shape index (κ3) is 3.06. The first-order valence-corrected chi connectivity index (χ1v) is 6.42. The first kappa shape index (κ1) is 14.0. The van der Waals surface area contributed by atoms with Gasteiger partial charge in [-0.3, -0.25) is 5.43 Å². The van der Waals surface area contributed by atoms with Crippen molar-refractivity contribution in [3.63, 3.8) is 0 Å². The third-order valence-electron chi connectivity index (χ3n) is 2.80. The number of nitriles is 2. The van der Waals surface area contributed by atoms with Crippen molar-refractivity contribution in [2.75, 3.05) is 5.43 Å². The predicted octanol–water partition coefficient (Wildman–Crippen LogP) is 2.81. The molecule has 0 amide bonds. The number of benzene rings is 1. The van der Waals surface area contributed by atoms with E-state index in [1.54, 1.807) is 48.5 Å². The zero-order chi connectivity index (χ0) is 16.1. The molecule has 0 bridgehead atoms. The van der Waals surface area contributed by atoms with Gasteiger partial charge < -0.3 is 8.83 Å². The highest BCUT2D eigenvalue weighted by Gasteiger charge is 2.12. The predicted molar refractivity (Wildman–Crippen MR) is 79.7 cm³/mol. The number of rotatable bonds is 4. The molecule has 8 nitrogen and oxygen atoms in total. The van der Waals surface area contributed by atoms with E-state index in [-0.39, 0.29) is 5.71 Å². The second kappa shape index (κ2) is 6.24. The number of aromatic nitrogens is 2. The van der Waals surface area contributed by atoms with Crippen LogP contribution in [0.5, 0.6) is 0 Å². The average molecular weight is 304 g/mol. The van der Waals surface area contributed by atoms with Crippen molar-refractivity contribution >= 4 is 11.4 Å². The fourth-order valence-electron chi connectivity index (χ4n) is 1.72. The SMILES string of the molecule is N#CC(C#N)=NNc1ccc(-c2nnc(-c3ccco3)o2)cc1. The summed E-state index contributed by atoms with van der Waals surface area (Å²) in [6.07, 6.45) is 1.52. The molecule has 0 aliphatic heterocycles. The number of hydrogen-bond donors (Lipinski definition) is 1. The molecule has 1 aromatic carbocycles. The molecule has 0 saturated carbocycles. The molecule has 3 aromatic rings. The van der Waals surface area contributed by atoms with Gasteiger partial charge in [-0.2, -0.15) is 15.6 Å². The smallest absolute Gasteiger partial charge is 0.283 e. The Balaban J connectivity index is 1.77. The molecule has 2 aromatic heterocycles. The zero-order valence-corrected chi connectivity index (χ0v) is 11.6.